The van der Waals surface area contributed by atoms with E-state index in [1.807, 2.05) is 0 Å². The summed E-state index contributed by atoms with van der Waals surface area (Å²) in [4.78, 5) is 11.9. The summed E-state index contributed by atoms with van der Waals surface area (Å²) in [6, 6.07) is 0. The molecule has 0 bridgehead atoms. The summed E-state index contributed by atoms with van der Waals surface area (Å²) in [5, 5.41) is 3.09. The second-order valence-electron chi connectivity index (χ2n) is 10.7. The SMILES string of the molecule is CCC(C)CCCCCCCCCCCCCCCCC(=O)NCCC[N+](C)(C)CC. The van der Waals surface area contributed by atoms with Gasteiger partial charge in [-0.3, -0.25) is 4.79 Å². The monoisotopic (exact) mass is 439 g/mol. The molecule has 1 atom stereocenters. The molecule has 0 spiro atoms. The van der Waals surface area contributed by atoms with E-state index in [4.69, 9.17) is 0 Å². The number of unbranched alkanes of at least 4 members (excludes halogenated alkanes) is 13. The van der Waals surface area contributed by atoms with Gasteiger partial charge in [-0.05, 0) is 19.3 Å². The van der Waals surface area contributed by atoms with E-state index in [1.54, 1.807) is 0 Å². The van der Waals surface area contributed by atoms with Crippen molar-refractivity contribution in [3.8, 4) is 0 Å². The largest absolute Gasteiger partial charge is 0.356 e. The van der Waals surface area contributed by atoms with Gasteiger partial charge < -0.3 is 9.80 Å². The standard InChI is InChI=1S/C28H58N2O/c1-6-27(3)23-20-18-16-14-12-10-8-9-11-13-15-17-19-21-24-28(31)29-25-22-26-30(4,5)7-2/h27H,6-26H2,1-5H3/p+1. The maximum absolute atomic E-state index is 11.9. The van der Waals surface area contributed by atoms with Crippen molar-refractivity contribution in [2.45, 2.75) is 136 Å². The minimum atomic E-state index is 0.248. The Morgan fingerprint density at radius 2 is 1.16 bits per heavy atom. The molecule has 0 heterocycles. The first-order valence-electron chi connectivity index (χ1n) is 14.0. The first-order valence-corrected chi connectivity index (χ1v) is 14.0. The second kappa shape index (κ2) is 21.3. The van der Waals surface area contributed by atoms with Gasteiger partial charge in [0.25, 0.3) is 0 Å². The molecule has 0 radical (unpaired) electrons. The molecule has 3 nitrogen and oxygen atoms in total. The van der Waals surface area contributed by atoms with E-state index in [2.05, 4.69) is 40.2 Å². The summed E-state index contributed by atoms with van der Waals surface area (Å²) in [5.41, 5.74) is 0. The van der Waals surface area contributed by atoms with E-state index in [-0.39, 0.29) is 5.91 Å². The zero-order chi connectivity index (χ0) is 23.2. The Kier molecular flexibility index (Phi) is 20.9. The Morgan fingerprint density at radius 1 is 0.710 bits per heavy atom. The van der Waals surface area contributed by atoms with Crippen LogP contribution in [0.1, 0.15) is 136 Å². The Labute approximate surface area is 196 Å². The molecular weight excluding hydrogens is 380 g/mol. The van der Waals surface area contributed by atoms with Gasteiger partial charge in [-0.25, -0.2) is 0 Å². The van der Waals surface area contributed by atoms with E-state index in [0.29, 0.717) is 6.42 Å². The molecule has 1 amide bonds. The van der Waals surface area contributed by atoms with Gasteiger partial charge in [0.1, 0.15) is 0 Å². The van der Waals surface area contributed by atoms with Gasteiger partial charge in [0.2, 0.25) is 5.91 Å². The molecule has 0 aliphatic carbocycles. The fourth-order valence-electron chi connectivity index (χ4n) is 4.09. The summed E-state index contributed by atoms with van der Waals surface area (Å²) >= 11 is 0. The average molecular weight is 440 g/mol. The van der Waals surface area contributed by atoms with E-state index in [1.165, 1.54) is 96.3 Å². The van der Waals surface area contributed by atoms with Crippen LogP contribution in [-0.2, 0) is 4.79 Å². The molecule has 0 saturated carbocycles. The van der Waals surface area contributed by atoms with Gasteiger partial charge in [-0.1, -0.05) is 110 Å². The summed E-state index contributed by atoms with van der Waals surface area (Å²) in [5.74, 6) is 1.18. The van der Waals surface area contributed by atoms with Gasteiger partial charge in [0.15, 0.2) is 0 Å². The Hall–Kier alpha value is -0.570. The average Bonchev–Trinajstić information content (AvgIpc) is 2.76. The minimum Gasteiger partial charge on any atom is -0.356 e. The van der Waals surface area contributed by atoms with Crippen LogP contribution >= 0.6 is 0 Å². The highest BCUT2D eigenvalue weighted by Crippen LogP contribution is 2.16. The quantitative estimate of drug-likeness (QED) is 0.127. The van der Waals surface area contributed by atoms with Gasteiger partial charge in [0.05, 0.1) is 27.2 Å². The van der Waals surface area contributed by atoms with Crippen LogP contribution in [0.25, 0.3) is 0 Å². The molecule has 0 aromatic carbocycles. The highest BCUT2D eigenvalue weighted by atomic mass is 16.1. The maximum Gasteiger partial charge on any atom is 0.219 e. The van der Waals surface area contributed by atoms with Crippen molar-refractivity contribution in [1.29, 1.82) is 0 Å². The third kappa shape index (κ3) is 22.4. The van der Waals surface area contributed by atoms with Crippen LogP contribution in [0.3, 0.4) is 0 Å². The van der Waals surface area contributed by atoms with Crippen LogP contribution in [0.2, 0.25) is 0 Å². The lowest BCUT2D eigenvalue weighted by Gasteiger charge is -2.28. The number of rotatable bonds is 23. The van der Waals surface area contributed by atoms with Gasteiger partial charge in [0, 0.05) is 19.4 Å². The summed E-state index contributed by atoms with van der Waals surface area (Å²) in [6.45, 7) is 10.0. The summed E-state index contributed by atoms with van der Waals surface area (Å²) in [7, 11) is 4.50. The Morgan fingerprint density at radius 3 is 1.61 bits per heavy atom. The number of nitrogens with one attached hydrogen (secondary N) is 1. The Balaban J connectivity index is 3.22. The molecule has 0 rings (SSSR count). The highest BCUT2D eigenvalue weighted by Gasteiger charge is 2.10. The molecule has 31 heavy (non-hydrogen) atoms. The number of carbonyl (C=O) groups is 1. The molecule has 0 aromatic rings. The van der Waals surface area contributed by atoms with Gasteiger partial charge in [-0.15, -0.1) is 0 Å². The number of carbonyl (C=O) groups excluding carboxylic acids is 1. The highest BCUT2D eigenvalue weighted by molar-refractivity contribution is 5.75. The van der Waals surface area contributed by atoms with Crippen molar-refractivity contribution in [2.24, 2.45) is 5.92 Å². The minimum absolute atomic E-state index is 0.248. The molecule has 186 valence electrons. The number of hydrogen-bond donors (Lipinski definition) is 1. The predicted octanol–water partition coefficient (Wildman–Crippen LogP) is 7.88. The van der Waals surface area contributed by atoms with Crippen molar-refractivity contribution < 1.29 is 9.28 Å². The van der Waals surface area contributed by atoms with Crippen LogP contribution in [0.4, 0.5) is 0 Å². The molecule has 0 aliphatic rings. The fraction of sp³-hybridized carbons (Fsp3) is 0.964. The van der Waals surface area contributed by atoms with Crippen molar-refractivity contribution in [3.63, 3.8) is 0 Å². The first-order chi connectivity index (χ1) is 14.9. The van der Waals surface area contributed by atoms with E-state index < -0.39 is 0 Å². The second-order valence-corrected chi connectivity index (χ2v) is 10.7. The number of hydrogen-bond acceptors (Lipinski definition) is 1. The van der Waals surface area contributed by atoms with Gasteiger partial charge >= 0.3 is 0 Å². The third-order valence-electron chi connectivity index (χ3n) is 7.17. The number of amides is 1. The lowest BCUT2D eigenvalue weighted by atomic mass is 9.99. The van der Waals surface area contributed by atoms with Crippen LogP contribution in [0, 0.1) is 5.92 Å². The third-order valence-corrected chi connectivity index (χ3v) is 7.17. The summed E-state index contributed by atoms with van der Waals surface area (Å²) < 4.78 is 1.04. The van der Waals surface area contributed by atoms with Crippen LogP contribution in [-0.4, -0.2) is 44.1 Å². The molecule has 0 fully saturated rings. The molecule has 3 heteroatoms. The molecule has 0 aromatic heterocycles. The number of quaternary nitrogens is 1. The smallest absolute Gasteiger partial charge is 0.219 e. The lowest BCUT2D eigenvalue weighted by molar-refractivity contribution is -0.888. The van der Waals surface area contributed by atoms with E-state index >= 15 is 0 Å². The van der Waals surface area contributed by atoms with Crippen LogP contribution in [0.15, 0.2) is 0 Å². The first kappa shape index (κ1) is 30.4. The van der Waals surface area contributed by atoms with Crippen molar-refractivity contribution in [1.82, 2.24) is 5.32 Å². The molecule has 1 N–H and O–H groups in total. The van der Waals surface area contributed by atoms with Crippen molar-refractivity contribution >= 4 is 5.91 Å². The maximum atomic E-state index is 11.9. The Bertz CT molecular complexity index is 394. The summed E-state index contributed by atoms with van der Waals surface area (Å²) in [6.07, 6.45) is 23.8. The van der Waals surface area contributed by atoms with Crippen molar-refractivity contribution in [2.75, 3.05) is 33.7 Å². The van der Waals surface area contributed by atoms with Crippen LogP contribution in [0.5, 0.6) is 0 Å². The molecule has 0 saturated heterocycles. The number of nitrogens with zero attached hydrogens (tertiary/aromatic N) is 1. The van der Waals surface area contributed by atoms with Crippen LogP contribution < -0.4 is 5.32 Å². The zero-order valence-corrected chi connectivity index (χ0v) is 22.3. The normalized spacial score (nSPS) is 12.8. The molecular formula is C28H59N2O+. The van der Waals surface area contributed by atoms with E-state index in [0.717, 1.165) is 42.9 Å². The molecule has 0 aliphatic heterocycles. The van der Waals surface area contributed by atoms with Crippen molar-refractivity contribution in [3.05, 3.63) is 0 Å². The van der Waals surface area contributed by atoms with E-state index in [9.17, 15) is 4.79 Å². The predicted molar refractivity (Wildman–Crippen MR) is 138 cm³/mol. The molecule has 1 unspecified atom stereocenters. The van der Waals surface area contributed by atoms with Gasteiger partial charge in [-0.2, -0.15) is 0 Å². The lowest BCUT2D eigenvalue weighted by Crippen LogP contribution is -2.41. The zero-order valence-electron chi connectivity index (χ0n) is 22.3. The fourth-order valence-corrected chi connectivity index (χ4v) is 4.09. The topological polar surface area (TPSA) is 29.1 Å².